The lowest BCUT2D eigenvalue weighted by atomic mass is 9.96. The van der Waals surface area contributed by atoms with Gasteiger partial charge < -0.3 is 0 Å². The number of allylic oxidation sites excluding steroid dienone is 7. The zero-order valence-electron chi connectivity index (χ0n) is 9.78. The number of rotatable bonds is 0. The normalized spacial score (nSPS) is 26.9. The summed E-state index contributed by atoms with van der Waals surface area (Å²) in [5, 5.41) is 0. The fourth-order valence-corrected chi connectivity index (χ4v) is 2.62. The molecule has 0 heteroatoms. The summed E-state index contributed by atoms with van der Waals surface area (Å²) in [6.07, 6.45) is 0. The molecule has 0 aromatic rings. The SMILES string of the molecule is C=C1C2=C(C)C(C)=C(C)C2=C(C)C1C. The molecule has 1 unspecified atom stereocenters. The predicted octanol–water partition coefficient (Wildman–Crippen LogP) is 4.18. The highest BCUT2D eigenvalue weighted by molar-refractivity contribution is 5.74. The molecule has 0 fully saturated rings. The van der Waals surface area contributed by atoms with Crippen molar-refractivity contribution in [3.05, 3.63) is 45.6 Å². The summed E-state index contributed by atoms with van der Waals surface area (Å²) in [6.45, 7) is 15.4. The van der Waals surface area contributed by atoms with Gasteiger partial charge in [0, 0.05) is 5.92 Å². The van der Waals surface area contributed by atoms with Crippen LogP contribution >= 0.6 is 0 Å². The number of hydrogen-bond donors (Lipinski definition) is 0. The van der Waals surface area contributed by atoms with E-state index < -0.39 is 0 Å². The van der Waals surface area contributed by atoms with E-state index in [1.165, 1.54) is 39.0 Å². The van der Waals surface area contributed by atoms with Gasteiger partial charge in [-0.3, -0.25) is 0 Å². The molecule has 0 bridgehead atoms. The molecule has 0 N–H and O–H groups in total. The Kier molecular flexibility index (Phi) is 1.85. The van der Waals surface area contributed by atoms with Gasteiger partial charge in [0.05, 0.1) is 0 Å². The Labute approximate surface area is 86.7 Å². The van der Waals surface area contributed by atoms with E-state index in [2.05, 4.69) is 41.2 Å². The highest BCUT2D eigenvalue weighted by Gasteiger charge is 2.33. The molecule has 2 aliphatic carbocycles. The van der Waals surface area contributed by atoms with Gasteiger partial charge >= 0.3 is 0 Å². The van der Waals surface area contributed by atoms with E-state index in [9.17, 15) is 0 Å². The maximum absolute atomic E-state index is 4.22. The first-order chi connectivity index (χ1) is 6.46. The van der Waals surface area contributed by atoms with Gasteiger partial charge in [-0.1, -0.05) is 19.1 Å². The lowest BCUT2D eigenvalue weighted by Gasteiger charge is -2.08. The molecule has 0 radical (unpaired) electrons. The summed E-state index contributed by atoms with van der Waals surface area (Å²) in [5.41, 5.74) is 10.1. The largest absolute Gasteiger partial charge is 0.0946 e. The molecular formula is C14H18. The van der Waals surface area contributed by atoms with Gasteiger partial charge in [0.2, 0.25) is 0 Å². The molecular weight excluding hydrogens is 168 g/mol. The van der Waals surface area contributed by atoms with Gasteiger partial charge in [0.25, 0.3) is 0 Å². The first-order valence-electron chi connectivity index (χ1n) is 5.26. The topological polar surface area (TPSA) is 0 Å². The zero-order chi connectivity index (χ0) is 10.6. The van der Waals surface area contributed by atoms with Crippen molar-refractivity contribution in [2.24, 2.45) is 5.92 Å². The van der Waals surface area contributed by atoms with Crippen molar-refractivity contribution >= 4 is 0 Å². The van der Waals surface area contributed by atoms with Crippen LogP contribution < -0.4 is 0 Å². The van der Waals surface area contributed by atoms with Crippen LogP contribution in [0.3, 0.4) is 0 Å². The Morgan fingerprint density at radius 2 is 1.43 bits per heavy atom. The quantitative estimate of drug-likeness (QED) is 0.532. The van der Waals surface area contributed by atoms with Crippen LogP contribution in [0, 0.1) is 5.92 Å². The fourth-order valence-electron chi connectivity index (χ4n) is 2.62. The number of hydrogen-bond acceptors (Lipinski definition) is 0. The minimum absolute atomic E-state index is 0.540. The minimum Gasteiger partial charge on any atom is -0.0946 e. The Hall–Kier alpha value is -1.04. The monoisotopic (exact) mass is 186 g/mol. The third kappa shape index (κ3) is 0.890. The average Bonchev–Trinajstić information content (AvgIpc) is 2.51. The van der Waals surface area contributed by atoms with Gasteiger partial charge in [-0.2, -0.15) is 0 Å². The van der Waals surface area contributed by atoms with Crippen LogP contribution in [0.1, 0.15) is 34.6 Å². The summed E-state index contributed by atoms with van der Waals surface area (Å²) in [4.78, 5) is 0. The minimum atomic E-state index is 0.540. The van der Waals surface area contributed by atoms with Crippen LogP contribution in [0.5, 0.6) is 0 Å². The van der Waals surface area contributed by atoms with Crippen LogP contribution in [0.2, 0.25) is 0 Å². The first kappa shape index (κ1) is 9.51. The van der Waals surface area contributed by atoms with Gasteiger partial charge in [-0.15, -0.1) is 0 Å². The molecule has 0 aliphatic heterocycles. The molecule has 0 aromatic carbocycles. The summed E-state index contributed by atoms with van der Waals surface area (Å²) in [7, 11) is 0. The molecule has 0 nitrogen and oxygen atoms in total. The zero-order valence-corrected chi connectivity index (χ0v) is 9.78. The van der Waals surface area contributed by atoms with E-state index in [1.807, 2.05) is 0 Å². The van der Waals surface area contributed by atoms with Gasteiger partial charge in [0.15, 0.2) is 0 Å². The van der Waals surface area contributed by atoms with E-state index in [1.54, 1.807) is 0 Å². The molecule has 74 valence electrons. The van der Waals surface area contributed by atoms with Gasteiger partial charge in [-0.25, -0.2) is 0 Å². The van der Waals surface area contributed by atoms with Crippen molar-refractivity contribution in [3.8, 4) is 0 Å². The van der Waals surface area contributed by atoms with Crippen LogP contribution in [0.25, 0.3) is 0 Å². The Morgan fingerprint density at radius 1 is 0.857 bits per heavy atom. The van der Waals surface area contributed by atoms with Crippen LogP contribution in [0.15, 0.2) is 45.6 Å². The molecule has 0 amide bonds. The fraction of sp³-hybridized carbons (Fsp3) is 0.429. The third-order valence-electron chi connectivity index (χ3n) is 4.01. The summed E-state index contributed by atoms with van der Waals surface area (Å²) < 4.78 is 0. The van der Waals surface area contributed by atoms with E-state index in [0.717, 1.165) is 0 Å². The van der Waals surface area contributed by atoms with Crippen molar-refractivity contribution in [2.75, 3.05) is 0 Å². The van der Waals surface area contributed by atoms with E-state index in [0.29, 0.717) is 5.92 Å². The second-order valence-electron chi connectivity index (χ2n) is 4.55. The van der Waals surface area contributed by atoms with Crippen molar-refractivity contribution in [1.29, 1.82) is 0 Å². The predicted molar refractivity (Wildman–Crippen MR) is 62.1 cm³/mol. The molecule has 0 saturated carbocycles. The van der Waals surface area contributed by atoms with E-state index in [4.69, 9.17) is 0 Å². The maximum Gasteiger partial charge on any atom is 0.00267 e. The van der Waals surface area contributed by atoms with Crippen molar-refractivity contribution in [3.63, 3.8) is 0 Å². The first-order valence-corrected chi connectivity index (χ1v) is 5.26. The maximum atomic E-state index is 4.22. The molecule has 0 spiro atoms. The van der Waals surface area contributed by atoms with E-state index in [-0.39, 0.29) is 0 Å². The van der Waals surface area contributed by atoms with Crippen molar-refractivity contribution in [1.82, 2.24) is 0 Å². The smallest absolute Gasteiger partial charge is 0.00267 e. The van der Waals surface area contributed by atoms with Crippen molar-refractivity contribution < 1.29 is 0 Å². The molecule has 0 aromatic heterocycles. The Morgan fingerprint density at radius 3 is 1.93 bits per heavy atom. The highest BCUT2D eigenvalue weighted by Crippen LogP contribution is 2.50. The summed E-state index contributed by atoms with van der Waals surface area (Å²) in [5.74, 6) is 0.540. The molecule has 0 saturated heterocycles. The average molecular weight is 186 g/mol. The summed E-state index contributed by atoms with van der Waals surface area (Å²) in [6, 6.07) is 0. The summed E-state index contributed by atoms with van der Waals surface area (Å²) >= 11 is 0. The molecule has 2 rings (SSSR count). The Bertz CT molecular complexity index is 425. The lowest BCUT2D eigenvalue weighted by Crippen LogP contribution is -1.94. The van der Waals surface area contributed by atoms with Crippen LogP contribution in [0.4, 0.5) is 0 Å². The molecule has 14 heavy (non-hydrogen) atoms. The third-order valence-corrected chi connectivity index (χ3v) is 4.01. The second-order valence-corrected chi connectivity index (χ2v) is 4.55. The Balaban J connectivity index is 2.74. The van der Waals surface area contributed by atoms with Gasteiger partial charge in [-0.05, 0) is 61.1 Å². The van der Waals surface area contributed by atoms with E-state index >= 15 is 0 Å². The van der Waals surface area contributed by atoms with Crippen LogP contribution in [-0.4, -0.2) is 0 Å². The molecule has 1 atom stereocenters. The standard InChI is InChI=1S/C14H18/c1-7-9(3)13-11(5)8(2)12(6)14(13)10(7)4/h7H,3H2,1-2,4-6H3. The van der Waals surface area contributed by atoms with Gasteiger partial charge in [0.1, 0.15) is 0 Å². The van der Waals surface area contributed by atoms with Crippen LogP contribution in [-0.2, 0) is 0 Å². The number of fused-ring (bicyclic) bond motifs is 1. The highest BCUT2D eigenvalue weighted by atomic mass is 14.4. The second kappa shape index (κ2) is 2.73. The molecule has 2 aliphatic rings. The van der Waals surface area contributed by atoms with Crippen molar-refractivity contribution in [2.45, 2.75) is 34.6 Å². The lowest BCUT2D eigenvalue weighted by molar-refractivity contribution is 0.845. The molecule has 0 heterocycles.